The van der Waals surface area contributed by atoms with Crippen molar-refractivity contribution in [3.8, 4) is 0 Å². The van der Waals surface area contributed by atoms with Gasteiger partial charge in [-0.25, -0.2) is 19.6 Å². The van der Waals surface area contributed by atoms with Crippen molar-refractivity contribution in [1.82, 2.24) is 10.0 Å². The average Bonchev–Trinajstić information content (AvgIpc) is 2.80. The Labute approximate surface area is 200 Å². The molecule has 2 aromatic rings. The summed E-state index contributed by atoms with van der Waals surface area (Å²) in [5.41, 5.74) is 3.40. The quantitative estimate of drug-likeness (QED) is 0.442. The lowest BCUT2D eigenvalue weighted by molar-refractivity contribution is -0.139. The van der Waals surface area contributed by atoms with Crippen molar-refractivity contribution in [2.75, 3.05) is 44.8 Å². The van der Waals surface area contributed by atoms with Crippen LogP contribution in [0.4, 0.5) is 11.4 Å². The zero-order valence-electron chi connectivity index (χ0n) is 20.4. The molecule has 0 heterocycles. The monoisotopic (exact) mass is 464 g/mol. The summed E-state index contributed by atoms with van der Waals surface area (Å²) in [6, 6.07) is 19.1. The number of aliphatic carboxylic acids is 1. The molecule has 0 bridgehead atoms. The number of hydrogen-bond donors (Lipinski definition) is 1. The second-order valence-corrected chi connectivity index (χ2v) is 8.22. The van der Waals surface area contributed by atoms with Crippen LogP contribution in [0, 0.1) is 0 Å². The van der Waals surface area contributed by atoms with E-state index >= 15 is 0 Å². The van der Waals surface area contributed by atoms with E-state index in [0.29, 0.717) is 17.0 Å². The molecule has 0 amide bonds. The standard InChI is InChI=1S/C26H32N4O4/c1-6-34-26(33)22-18-23(29(27(2)3)19-13-9-7-10-14-19)21(25(31)32)17-24(22)30(28(4)5)20-15-11-8-12-16-20/h7-16H,6,17-18H2,1-5H3,(H,31,32). The van der Waals surface area contributed by atoms with E-state index in [9.17, 15) is 14.7 Å². The average molecular weight is 465 g/mol. The van der Waals surface area contributed by atoms with Crippen LogP contribution in [0.25, 0.3) is 0 Å². The maximum Gasteiger partial charge on any atom is 0.336 e. The van der Waals surface area contributed by atoms with Crippen molar-refractivity contribution in [2.45, 2.75) is 19.8 Å². The number of hydrogen-bond acceptors (Lipinski definition) is 7. The van der Waals surface area contributed by atoms with Gasteiger partial charge in [0, 0.05) is 41.0 Å². The Bertz CT molecular complexity index is 1080. The van der Waals surface area contributed by atoms with Crippen LogP contribution in [0.3, 0.4) is 0 Å². The molecule has 0 saturated heterocycles. The van der Waals surface area contributed by atoms with Gasteiger partial charge in [-0.2, -0.15) is 0 Å². The fourth-order valence-corrected chi connectivity index (χ4v) is 4.16. The predicted octanol–water partition coefficient (Wildman–Crippen LogP) is 3.90. The minimum atomic E-state index is -1.02. The Balaban J connectivity index is 2.20. The summed E-state index contributed by atoms with van der Waals surface area (Å²) in [5.74, 6) is -1.47. The topological polar surface area (TPSA) is 76.6 Å². The lowest BCUT2D eigenvalue weighted by Crippen LogP contribution is -2.43. The molecule has 8 heteroatoms. The van der Waals surface area contributed by atoms with Crippen LogP contribution < -0.4 is 10.0 Å². The number of rotatable bonds is 9. The third kappa shape index (κ3) is 5.30. The number of ether oxygens (including phenoxy) is 1. The molecule has 0 atom stereocenters. The van der Waals surface area contributed by atoms with Crippen LogP contribution in [0.15, 0.2) is 83.2 Å². The van der Waals surface area contributed by atoms with Crippen LogP contribution in [0.1, 0.15) is 19.8 Å². The van der Waals surface area contributed by atoms with E-state index in [1.165, 1.54) is 0 Å². The van der Waals surface area contributed by atoms with Crippen molar-refractivity contribution in [3.63, 3.8) is 0 Å². The molecule has 1 N–H and O–H groups in total. The van der Waals surface area contributed by atoms with Gasteiger partial charge in [0.1, 0.15) is 0 Å². The highest BCUT2D eigenvalue weighted by Gasteiger charge is 2.36. The normalized spacial score (nSPS) is 14.0. The number of carboxylic acids is 1. The van der Waals surface area contributed by atoms with E-state index in [4.69, 9.17) is 4.74 Å². The molecule has 180 valence electrons. The third-order valence-electron chi connectivity index (χ3n) is 5.48. The number of benzene rings is 2. The highest BCUT2D eigenvalue weighted by Crippen LogP contribution is 2.38. The fraction of sp³-hybridized carbons (Fsp3) is 0.308. The van der Waals surface area contributed by atoms with Gasteiger partial charge in [0.25, 0.3) is 0 Å². The van der Waals surface area contributed by atoms with E-state index in [1.807, 2.05) is 109 Å². The first-order chi connectivity index (χ1) is 16.3. The van der Waals surface area contributed by atoms with Gasteiger partial charge in [-0.15, -0.1) is 0 Å². The number of nitrogens with zero attached hydrogens (tertiary/aromatic N) is 4. The van der Waals surface area contributed by atoms with Crippen LogP contribution in [0.5, 0.6) is 0 Å². The van der Waals surface area contributed by atoms with Gasteiger partial charge in [-0.3, -0.25) is 10.0 Å². The van der Waals surface area contributed by atoms with E-state index in [1.54, 1.807) is 6.92 Å². The summed E-state index contributed by atoms with van der Waals surface area (Å²) in [5, 5.41) is 17.6. The molecule has 1 aliphatic carbocycles. The van der Waals surface area contributed by atoms with Crippen molar-refractivity contribution >= 4 is 23.3 Å². The van der Waals surface area contributed by atoms with Crippen LogP contribution >= 0.6 is 0 Å². The lowest BCUT2D eigenvalue weighted by Gasteiger charge is -2.40. The maximum absolute atomic E-state index is 13.2. The number of esters is 1. The summed E-state index contributed by atoms with van der Waals surface area (Å²) in [4.78, 5) is 25.7. The summed E-state index contributed by atoms with van der Waals surface area (Å²) in [7, 11) is 7.41. The molecule has 1 aliphatic rings. The SMILES string of the molecule is CCOC(=O)C1=C(N(c2ccccc2)N(C)C)CC(C(=O)O)=C(N(c2ccccc2)N(C)C)C1. The third-order valence-corrected chi connectivity index (χ3v) is 5.48. The number of carbonyl (C=O) groups is 2. The van der Waals surface area contributed by atoms with Gasteiger partial charge in [0.05, 0.1) is 40.5 Å². The van der Waals surface area contributed by atoms with Crippen molar-refractivity contribution in [2.24, 2.45) is 0 Å². The molecule has 0 fully saturated rings. The number of hydrazine groups is 2. The number of carbonyl (C=O) groups excluding carboxylic acids is 1. The molecule has 0 spiro atoms. The van der Waals surface area contributed by atoms with E-state index < -0.39 is 11.9 Å². The highest BCUT2D eigenvalue weighted by molar-refractivity contribution is 5.96. The molecule has 8 nitrogen and oxygen atoms in total. The molecule has 0 aliphatic heterocycles. The molecule has 0 aromatic heterocycles. The Kier molecular flexibility index (Phi) is 8.09. The van der Waals surface area contributed by atoms with Gasteiger partial charge in [0.2, 0.25) is 0 Å². The fourth-order valence-electron chi connectivity index (χ4n) is 4.16. The van der Waals surface area contributed by atoms with Crippen molar-refractivity contribution < 1.29 is 19.4 Å². The second kappa shape index (κ2) is 11.0. The largest absolute Gasteiger partial charge is 0.478 e. The molecular formula is C26H32N4O4. The Hall–Kier alpha value is -3.62. The second-order valence-electron chi connectivity index (χ2n) is 8.22. The summed E-state index contributed by atoms with van der Waals surface area (Å²) in [6.45, 7) is 1.99. The first-order valence-electron chi connectivity index (χ1n) is 11.2. The van der Waals surface area contributed by atoms with Gasteiger partial charge >= 0.3 is 11.9 Å². The molecule has 0 unspecified atom stereocenters. The maximum atomic E-state index is 13.2. The highest BCUT2D eigenvalue weighted by atomic mass is 16.5. The van der Waals surface area contributed by atoms with Gasteiger partial charge < -0.3 is 9.84 Å². The van der Waals surface area contributed by atoms with Crippen LogP contribution in [0.2, 0.25) is 0 Å². The minimum absolute atomic E-state index is 0.0586. The Morgan fingerprint density at radius 3 is 1.56 bits per heavy atom. The Morgan fingerprint density at radius 1 is 0.765 bits per heavy atom. The van der Waals surface area contributed by atoms with Crippen molar-refractivity contribution in [3.05, 3.63) is 83.2 Å². The molecule has 0 radical (unpaired) electrons. The number of para-hydroxylation sites is 2. The van der Waals surface area contributed by atoms with E-state index in [-0.39, 0.29) is 25.0 Å². The number of carboxylic acid groups (broad SMARTS) is 1. The zero-order chi connectivity index (χ0) is 24.8. The predicted molar refractivity (Wildman–Crippen MR) is 133 cm³/mol. The summed E-state index contributed by atoms with van der Waals surface area (Å²) >= 11 is 0. The van der Waals surface area contributed by atoms with Crippen LogP contribution in [-0.2, 0) is 14.3 Å². The molecule has 0 saturated carbocycles. The molecule has 2 aromatic carbocycles. The number of anilines is 2. The smallest absolute Gasteiger partial charge is 0.336 e. The van der Waals surface area contributed by atoms with Crippen molar-refractivity contribution in [1.29, 1.82) is 0 Å². The summed E-state index contributed by atoms with van der Waals surface area (Å²) < 4.78 is 5.42. The summed E-state index contributed by atoms with van der Waals surface area (Å²) in [6.07, 6.45) is 0.170. The van der Waals surface area contributed by atoms with Gasteiger partial charge in [-0.05, 0) is 31.2 Å². The van der Waals surface area contributed by atoms with E-state index in [0.717, 1.165) is 11.4 Å². The zero-order valence-corrected chi connectivity index (χ0v) is 20.4. The molecule has 34 heavy (non-hydrogen) atoms. The first-order valence-corrected chi connectivity index (χ1v) is 11.2. The Morgan fingerprint density at radius 2 is 1.18 bits per heavy atom. The van der Waals surface area contributed by atoms with E-state index in [2.05, 4.69) is 0 Å². The lowest BCUT2D eigenvalue weighted by atomic mass is 9.91. The minimum Gasteiger partial charge on any atom is -0.478 e. The van der Waals surface area contributed by atoms with Gasteiger partial charge in [-0.1, -0.05) is 36.4 Å². The molecule has 3 rings (SSSR count). The van der Waals surface area contributed by atoms with Gasteiger partial charge in [0.15, 0.2) is 0 Å². The number of allylic oxidation sites excluding steroid dienone is 2. The van der Waals surface area contributed by atoms with Crippen LogP contribution in [-0.4, -0.2) is 61.9 Å². The first kappa shape index (κ1) is 25.0. The molecular weight excluding hydrogens is 432 g/mol.